The Morgan fingerprint density at radius 1 is 1.12 bits per heavy atom. The molecule has 0 aromatic rings. The van der Waals surface area contributed by atoms with Crippen LogP contribution in [0, 0.1) is 29.6 Å². The molecule has 0 spiro atoms. The molecule has 3 nitrogen and oxygen atoms in total. The number of amides is 1. The van der Waals surface area contributed by atoms with Gasteiger partial charge in [-0.25, -0.2) is 0 Å². The van der Waals surface area contributed by atoms with Gasteiger partial charge >= 0.3 is 0 Å². The van der Waals surface area contributed by atoms with Crippen LogP contribution < -0.4 is 10.6 Å². The van der Waals surface area contributed by atoms with Crippen molar-refractivity contribution >= 4 is 5.91 Å². The van der Waals surface area contributed by atoms with E-state index in [0.717, 1.165) is 43.2 Å². The van der Waals surface area contributed by atoms with Gasteiger partial charge in [-0.2, -0.15) is 0 Å². The van der Waals surface area contributed by atoms with Gasteiger partial charge in [0.2, 0.25) is 5.91 Å². The number of hydrogen-bond acceptors (Lipinski definition) is 2. The lowest BCUT2D eigenvalue weighted by Gasteiger charge is -2.24. The van der Waals surface area contributed by atoms with Gasteiger partial charge in [0.05, 0.1) is 0 Å². The number of carbonyl (C=O) groups is 1. The van der Waals surface area contributed by atoms with Crippen LogP contribution in [0.2, 0.25) is 0 Å². The average molecular weight is 234 g/mol. The fraction of sp³-hybridized carbons (Fsp3) is 0.929. The maximum Gasteiger partial charge on any atom is 0.223 e. The second-order valence-corrected chi connectivity index (χ2v) is 6.57. The fourth-order valence-electron chi connectivity index (χ4n) is 4.95. The molecule has 1 aliphatic heterocycles. The Morgan fingerprint density at radius 3 is 2.53 bits per heavy atom. The number of carbonyl (C=O) groups excluding carboxylic acids is 1. The van der Waals surface area contributed by atoms with Crippen molar-refractivity contribution in [2.45, 2.75) is 38.1 Å². The quantitative estimate of drug-likeness (QED) is 0.752. The van der Waals surface area contributed by atoms with Crippen molar-refractivity contribution in [3.05, 3.63) is 0 Å². The molecule has 0 radical (unpaired) electrons. The molecule has 0 aromatic heterocycles. The minimum absolute atomic E-state index is 0.380. The van der Waals surface area contributed by atoms with E-state index < -0.39 is 0 Å². The predicted octanol–water partition coefficient (Wildman–Crippen LogP) is 1.15. The number of piperidine rings is 1. The summed E-state index contributed by atoms with van der Waals surface area (Å²) in [7, 11) is 0. The van der Waals surface area contributed by atoms with Crippen LogP contribution in [0.25, 0.3) is 0 Å². The highest BCUT2D eigenvalue weighted by atomic mass is 16.2. The lowest BCUT2D eigenvalue weighted by Crippen LogP contribution is -2.46. The average Bonchev–Trinajstić information content (AvgIpc) is 2.80. The second-order valence-electron chi connectivity index (χ2n) is 6.57. The zero-order valence-corrected chi connectivity index (χ0v) is 10.3. The summed E-state index contributed by atoms with van der Waals surface area (Å²) in [5, 5.41) is 6.64. The number of rotatable bonds is 2. The maximum atomic E-state index is 12.3. The van der Waals surface area contributed by atoms with Crippen LogP contribution in [-0.2, 0) is 4.79 Å². The van der Waals surface area contributed by atoms with Crippen LogP contribution in [0.5, 0.6) is 0 Å². The summed E-state index contributed by atoms with van der Waals surface area (Å²) in [5.41, 5.74) is 0. The third-order valence-corrected chi connectivity index (χ3v) is 5.68. The smallest absolute Gasteiger partial charge is 0.223 e. The molecule has 3 aliphatic carbocycles. The highest BCUT2D eigenvalue weighted by Crippen LogP contribution is 2.69. The summed E-state index contributed by atoms with van der Waals surface area (Å²) < 4.78 is 0. The van der Waals surface area contributed by atoms with E-state index in [4.69, 9.17) is 0 Å². The Morgan fingerprint density at radius 2 is 1.88 bits per heavy atom. The van der Waals surface area contributed by atoms with Crippen LogP contribution in [0.1, 0.15) is 32.1 Å². The minimum atomic E-state index is 0.380. The van der Waals surface area contributed by atoms with Gasteiger partial charge in [0.15, 0.2) is 0 Å². The molecule has 4 aliphatic rings. The summed E-state index contributed by atoms with van der Waals surface area (Å²) in [5.74, 6) is 4.17. The predicted molar refractivity (Wildman–Crippen MR) is 65.3 cm³/mol. The van der Waals surface area contributed by atoms with Crippen molar-refractivity contribution < 1.29 is 4.79 Å². The van der Waals surface area contributed by atoms with Gasteiger partial charge in [-0.05, 0) is 62.3 Å². The van der Waals surface area contributed by atoms with E-state index in [0.29, 0.717) is 17.9 Å². The fourth-order valence-corrected chi connectivity index (χ4v) is 4.95. The van der Waals surface area contributed by atoms with Gasteiger partial charge in [0, 0.05) is 18.5 Å². The summed E-state index contributed by atoms with van der Waals surface area (Å²) in [4.78, 5) is 12.3. The van der Waals surface area contributed by atoms with Crippen molar-refractivity contribution in [3.8, 4) is 0 Å². The monoisotopic (exact) mass is 234 g/mol. The molecule has 2 bridgehead atoms. The molecule has 3 saturated carbocycles. The first-order valence-corrected chi connectivity index (χ1v) is 7.35. The zero-order valence-electron chi connectivity index (χ0n) is 10.3. The Bertz CT molecular complexity index is 321. The number of nitrogens with one attached hydrogen (secondary N) is 2. The SMILES string of the molecule is O=C(N[C@H]1CCCNC1)C1C2C3CCC(C3)C12. The van der Waals surface area contributed by atoms with Crippen LogP contribution >= 0.6 is 0 Å². The number of fused-ring (bicyclic) bond motifs is 5. The number of hydrogen-bond donors (Lipinski definition) is 2. The topological polar surface area (TPSA) is 41.1 Å². The van der Waals surface area contributed by atoms with E-state index in [1.54, 1.807) is 0 Å². The zero-order chi connectivity index (χ0) is 11.4. The van der Waals surface area contributed by atoms with Crippen molar-refractivity contribution in [3.63, 3.8) is 0 Å². The molecule has 1 heterocycles. The second kappa shape index (κ2) is 3.71. The first kappa shape index (κ1) is 10.4. The molecule has 0 aromatic carbocycles. The molecular weight excluding hydrogens is 212 g/mol. The molecule has 4 unspecified atom stereocenters. The summed E-state index contributed by atoms with van der Waals surface area (Å²) in [6.07, 6.45) is 6.60. The van der Waals surface area contributed by atoms with Gasteiger partial charge in [-0.15, -0.1) is 0 Å². The molecule has 5 atom stereocenters. The molecule has 4 rings (SSSR count). The van der Waals surface area contributed by atoms with E-state index in [2.05, 4.69) is 10.6 Å². The molecule has 2 N–H and O–H groups in total. The third kappa shape index (κ3) is 1.55. The lowest BCUT2D eigenvalue weighted by atomic mass is 10.0. The van der Waals surface area contributed by atoms with Crippen LogP contribution in [0.15, 0.2) is 0 Å². The van der Waals surface area contributed by atoms with Gasteiger partial charge in [0.1, 0.15) is 0 Å². The summed E-state index contributed by atoms with van der Waals surface area (Å²) in [6, 6.07) is 0.398. The highest BCUT2D eigenvalue weighted by Gasteiger charge is 2.67. The van der Waals surface area contributed by atoms with Gasteiger partial charge < -0.3 is 10.6 Å². The first-order chi connectivity index (χ1) is 8.34. The van der Waals surface area contributed by atoms with Crippen LogP contribution in [-0.4, -0.2) is 25.0 Å². The molecule has 1 amide bonds. The third-order valence-electron chi connectivity index (χ3n) is 5.68. The van der Waals surface area contributed by atoms with Gasteiger partial charge in [-0.3, -0.25) is 4.79 Å². The Labute approximate surface area is 103 Å². The normalized spacial score (nSPS) is 51.1. The van der Waals surface area contributed by atoms with E-state index in [9.17, 15) is 4.79 Å². The molecule has 4 fully saturated rings. The van der Waals surface area contributed by atoms with E-state index in [1.165, 1.54) is 25.7 Å². The maximum absolute atomic E-state index is 12.3. The summed E-state index contributed by atoms with van der Waals surface area (Å²) >= 11 is 0. The largest absolute Gasteiger partial charge is 0.352 e. The van der Waals surface area contributed by atoms with Gasteiger partial charge in [0.25, 0.3) is 0 Å². The van der Waals surface area contributed by atoms with Crippen molar-refractivity contribution in [2.24, 2.45) is 29.6 Å². The molecular formula is C14H22N2O. The van der Waals surface area contributed by atoms with Crippen molar-refractivity contribution in [1.82, 2.24) is 10.6 Å². The van der Waals surface area contributed by atoms with Crippen molar-refractivity contribution in [2.75, 3.05) is 13.1 Å². The molecule has 1 saturated heterocycles. The van der Waals surface area contributed by atoms with Crippen LogP contribution in [0.4, 0.5) is 0 Å². The first-order valence-electron chi connectivity index (χ1n) is 7.35. The van der Waals surface area contributed by atoms with Crippen molar-refractivity contribution in [1.29, 1.82) is 0 Å². The van der Waals surface area contributed by atoms with E-state index in [-0.39, 0.29) is 0 Å². The Balaban J connectivity index is 1.36. The summed E-state index contributed by atoms with van der Waals surface area (Å²) in [6.45, 7) is 2.09. The lowest BCUT2D eigenvalue weighted by molar-refractivity contribution is -0.124. The Hall–Kier alpha value is -0.570. The highest BCUT2D eigenvalue weighted by molar-refractivity contribution is 5.83. The molecule has 3 heteroatoms. The Kier molecular flexibility index (Phi) is 2.26. The van der Waals surface area contributed by atoms with Gasteiger partial charge in [-0.1, -0.05) is 0 Å². The van der Waals surface area contributed by atoms with Crippen LogP contribution in [0.3, 0.4) is 0 Å². The van der Waals surface area contributed by atoms with E-state index in [1.807, 2.05) is 0 Å². The standard InChI is InChI=1S/C14H22N2O/c17-14(16-10-2-1-5-15-7-10)13-11-8-3-4-9(6-8)12(11)13/h8-13,15H,1-7H2,(H,16,17)/t8?,9?,10-,11?,12?,13?/m0/s1. The minimum Gasteiger partial charge on any atom is -0.352 e. The molecule has 94 valence electrons. The van der Waals surface area contributed by atoms with E-state index >= 15 is 0 Å². The molecule has 17 heavy (non-hydrogen) atoms.